The summed E-state index contributed by atoms with van der Waals surface area (Å²) in [7, 11) is 0. The summed E-state index contributed by atoms with van der Waals surface area (Å²) in [6.07, 6.45) is 13.2. The normalized spacial score (nSPS) is 25.6. The molecule has 0 aromatic carbocycles. The Balaban J connectivity index is 1.76. The van der Waals surface area contributed by atoms with E-state index in [4.69, 9.17) is 9.47 Å². The van der Waals surface area contributed by atoms with Gasteiger partial charge in [0.15, 0.2) is 0 Å². The van der Waals surface area contributed by atoms with Gasteiger partial charge in [0.1, 0.15) is 0 Å². The molecule has 0 aromatic rings. The van der Waals surface area contributed by atoms with Gasteiger partial charge in [-0.1, -0.05) is 32.3 Å². The third-order valence-corrected chi connectivity index (χ3v) is 5.38. The molecule has 0 aliphatic carbocycles. The molecule has 0 saturated carbocycles. The molecule has 2 fully saturated rings. The average molecular weight is 354 g/mol. The van der Waals surface area contributed by atoms with E-state index in [0.29, 0.717) is 37.7 Å². The molecule has 2 aliphatic rings. The van der Waals surface area contributed by atoms with E-state index in [2.05, 4.69) is 13.0 Å². The van der Waals surface area contributed by atoms with E-state index >= 15 is 0 Å². The SMILES string of the molecule is CCCCCCOC/C(=C\C[C@H]1C[C@H]2CC[C@@H]1O2)CCN(O)C(C)=O. The van der Waals surface area contributed by atoms with Crippen molar-refractivity contribution in [3.05, 3.63) is 11.6 Å². The highest BCUT2D eigenvalue weighted by Crippen LogP contribution is 2.40. The Morgan fingerprint density at radius 3 is 2.80 bits per heavy atom. The van der Waals surface area contributed by atoms with Crippen molar-refractivity contribution in [3.8, 4) is 0 Å². The molecule has 0 spiro atoms. The largest absolute Gasteiger partial charge is 0.377 e. The maximum atomic E-state index is 11.2. The van der Waals surface area contributed by atoms with Crippen LogP contribution < -0.4 is 0 Å². The molecule has 144 valence electrons. The predicted molar refractivity (Wildman–Crippen MR) is 97.5 cm³/mol. The number of rotatable bonds is 12. The Hall–Kier alpha value is -0.910. The van der Waals surface area contributed by atoms with Gasteiger partial charge in [0.25, 0.3) is 0 Å². The van der Waals surface area contributed by atoms with Crippen LogP contribution in [0.1, 0.15) is 71.6 Å². The van der Waals surface area contributed by atoms with Crippen LogP contribution in [0.2, 0.25) is 0 Å². The van der Waals surface area contributed by atoms with Gasteiger partial charge in [-0.15, -0.1) is 0 Å². The molecule has 2 rings (SSSR count). The van der Waals surface area contributed by atoms with Crippen molar-refractivity contribution in [1.29, 1.82) is 0 Å². The van der Waals surface area contributed by atoms with E-state index in [9.17, 15) is 10.0 Å². The molecule has 25 heavy (non-hydrogen) atoms. The Bertz CT molecular complexity index is 437. The molecule has 0 aromatic heterocycles. The lowest BCUT2D eigenvalue weighted by Crippen LogP contribution is -2.26. The van der Waals surface area contributed by atoms with Crippen LogP contribution in [0.5, 0.6) is 0 Å². The van der Waals surface area contributed by atoms with Crippen LogP contribution in [0.25, 0.3) is 0 Å². The molecule has 1 amide bonds. The quantitative estimate of drug-likeness (QED) is 0.248. The van der Waals surface area contributed by atoms with E-state index in [0.717, 1.165) is 24.5 Å². The number of ether oxygens (including phenoxy) is 2. The zero-order valence-corrected chi connectivity index (χ0v) is 15.9. The predicted octanol–water partition coefficient (Wildman–Crippen LogP) is 4.10. The van der Waals surface area contributed by atoms with Gasteiger partial charge in [-0.3, -0.25) is 10.0 Å². The Labute approximate surface area is 152 Å². The fourth-order valence-electron chi connectivity index (χ4n) is 3.78. The molecule has 5 nitrogen and oxygen atoms in total. The van der Waals surface area contributed by atoms with Crippen LogP contribution in [0.4, 0.5) is 0 Å². The lowest BCUT2D eigenvalue weighted by molar-refractivity contribution is -0.162. The van der Waals surface area contributed by atoms with Gasteiger partial charge in [0.2, 0.25) is 5.91 Å². The number of carbonyl (C=O) groups is 1. The lowest BCUT2D eigenvalue weighted by atomic mass is 9.86. The second-order valence-corrected chi connectivity index (χ2v) is 7.47. The van der Waals surface area contributed by atoms with Crippen molar-refractivity contribution >= 4 is 5.91 Å². The van der Waals surface area contributed by atoms with Crippen molar-refractivity contribution in [2.45, 2.75) is 83.8 Å². The smallest absolute Gasteiger partial charge is 0.242 e. The Morgan fingerprint density at radius 1 is 1.32 bits per heavy atom. The van der Waals surface area contributed by atoms with Crippen molar-refractivity contribution < 1.29 is 19.5 Å². The van der Waals surface area contributed by atoms with Gasteiger partial charge in [0, 0.05) is 13.5 Å². The summed E-state index contributed by atoms with van der Waals surface area (Å²) in [5, 5.41) is 10.4. The van der Waals surface area contributed by atoms with Crippen LogP contribution in [-0.2, 0) is 14.3 Å². The average Bonchev–Trinajstić information content (AvgIpc) is 3.22. The van der Waals surface area contributed by atoms with Crippen molar-refractivity contribution in [3.63, 3.8) is 0 Å². The van der Waals surface area contributed by atoms with E-state index in [1.165, 1.54) is 51.0 Å². The Morgan fingerprint density at radius 2 is 2.16 bits per heavy atom. The van der Waals surface area contributed by atoms with Gasteiger partial charge >= 0.3 is 0 Å². The molecule has 3 atom stereocenters. The van der Waals surface area contributed by atoms with Crippen molar-refractivity contribution in [1.82, 2.24) is 5.06 Å². The number of nitrogens with zero attached hydrogens (tertiary/aromatic N) is 1. The first-order valence-electron chi connectivity index (χ1n) is 9.98. The third-order valence-electron chi connectivity index (χ3n) is 5.38. The number of amides is 1. The van der Waals surface area contributed by atoms with Crippen LogP contribution >= 0.6 is 0 Å². The number of unbranched alkanes of at least 4 members (excludes halogenated alkanes) is 3. The molecular weight excluding hydrogens is 318 g/mol. The minimum absolute atomic E-state index is 0.318. The van der Waals surface area contributed by atoms with E-state index in [1.807, 2.05) is 0 Å². The first-order valence-corrected chi connectivity index (χ1v) is 9.98. The van der Waals surface area contributed by atoms with Crippen LogP contribution in [0, 0.1) is 5.92 Å². The number of fused-ring (bicyclic) bond motifs is 2. The zero-order valence-electron chi connectivity index (χ0n) is 15.9. The number of hydroxylamine groups is 2. The van der Waals surface area contributed by atoms with Crippen molar-refractivity contribution in [2.24, 2.45) is 5.92 Å². The highest BCUT2D eigenvalue weighted by Gasteiger charge is 2.39. The Kier molecular flexibility index (Phi) is 8.93. The number of allylic oxidation sites excluding steroid dienone is 1. The highest BCUT2D eigenvalue weighted by molar-refractivity contribution is 5.71. The fourth-order valence-corrected chi connectivity index (χ4v) is 3.78. The summed E-state index contributed by atoms with van der Waals surface area (Å²) in [6, 6.07) is 0. The molecule has 2 aliphatic heterocycles. The molecule has 2 saturated heterocycles. The molecular formula is C20H35NO4. The summed E-state index contributed by atoms with van der Waals surface area (Å²) < 4.78 is 11.8. The number of hydrogen-bond acceptors (Lipinski definition) is 4. The topological polar surface area (TPSA) is 59.0 Å². The number of hydrogen-bond donors (Lipinski definition) is 1. The molecule has 0 unspecified atom stereocenters. The van der Waals surface area contributed by atoms with Gasteiger partial charge in [0.05, 0.1) is 25.4 Å². The van der Waals surface area contributed by atoms with Gasteiger partial charge in [-0.25, -0.2) is 5.06 Å². The minimum atomic E-state index is -0.318. The van der Waals surface area contributed by atoms with E-state index < -0.39 is 0 Å². The van der Waals surface area contributed by atoms with Crippen molar-refractivity contribution in [2.75, 3.05) is 19.8 Å². The summed E-state index contributed by atoms with van der Waals surface area (Å²) in [4.78, 5) is 11.2. The summed E-state index contributed by atoms with van der Waals surface area (Å²) in [6.45, 7) is 5.29. The summed E-state index contributed by atoms with van der Waals surface area (Å²) in [5.41, 5.74) is 1.18. The van der Waals surface area contributed by atoms with Gasteiger partial charge < -0.3 is 9.47 Å². The maximum Gasteiger partial charge on any atom is 0.242 e. The third kappa shape index (κ3) is 7.08. The fraction of sp³-hybridized carbons (Fsp3) is 0.850. The standard InChI is InChI=1S/C20H35NO4/c1-3-4-5-6-13-24-15-17(11-12-21(23)16(2)22)7-8-18-14-19-9-10-20(18)25-19/h7,18-20,23H,3-6,8-15H2,1-2H3/b17-7-/t18-,19+,20-/m0/s1. The van der Waals surface area contributed by atoms with Crippen LogP contribution in [0.15, 0.2) is 11.6 Å². The molecule has 5 heteroatoms. The van der Waals surface area contributed by atoms with E-state index in [-0.39, 0.29) is 5.91 Å². The van der Waals surface area contributed by atoms with E-state index in [1.54, 1.807) is 0 Å². The minimum Gasteiger partial charge on any atom is -0.377 e. The molecule has 2 heterocycles. The highest BCUT2D eigenvalue weighted by atomic mass is 16.5. The van der Waals surface area contributed by atoms with Crippen LogP contribution in [-0.4, -0.2) is 48.1 Å². The first-order chi connectivity index (χ1) is 12.1. The monoisotopic (exact) mass is 353 g/mol. The second-order valence-electron chi connectivity index (χ2n) is 7.47. The molecule has 1 N–H and O–H groups in total. The van der Waals surface area contributed by atoms with Gasteiger partial charge in [-0.2, -0.15) is 0 Å². The summed E-state index contributed by atoms with van der Waals surface area (Å²) >= 11 is 0. The molecule has 0 radical (unpaired) electrons. The molecule has 2 bridgehead atoms. The zero-order chi connectivity index (χ0) is 18.1. The first kappa shape index (κ1) is 20.4. The summed E-state index contributed by atoms with van der Waals surface area (Å²) in [5.74, 6) is 0.303. The maximum absolute atomic E-state index is 11.2. The number of carbonyl (C=O) groups excluding carboxylic acids is 1. The van der Waals surface area contributed by atoms with Gasteiger partial charge in [-0.05, 0) is 50.0 Å². The lowest BCUT2D eigenvalue weighted by Gasteiger charge is -2.18. The second kappa shape index (κ2) is 10.9. The van der Waals surface area contributed by atoms with Crippen LogP contribution in [0.3, 0.4) is 0 Å².